The van der Waals surface area contributed by atoms with Crippen molar-refractivity contribution in [3.63, 3.8) is 0 Å². The van der Waals surface area contributed by atoms with E-state index in [1.807, 2.05) is 0 Å². The van der Waals surface area contributed by atoms with Gasteiger partial charge in [0.05, 0.1) is 0 Å². The van der Waals surface area contributed by atoms with Gasteiger partial charge >= 0.3 is 0 Å². The molecule has 3 aliphatic rings. The van der Waals surface area contributed by atoms with Crippen LogP contribution in [0.25, 0.3) is 0 Å². The van der Waals surface area contributed by atoms with E-state index in [-0.39, 0.29) is 35.3 Å². The molecule has 0 aromatic rings. The lowest BCUT2D eigenvalue weighted by Crippen LogP contribution is -2.51. The molecule has 138 valence electrons. The Labute approximate surface area is 162 Å². The number of nitrogens with zero attached hydrogens (tertiary/aromatic N) is 2. The van der Waals surface area contributed by atoms with Gasteiger partial charge in [-0.2, -0.15) is 0 Å². The number of ether oxygens (including phenoxy) is 1. The molecule has 0 aromatic heterocycles. The van der Waals surface area contributed by atoms with E-state index in [4.69, 9.17) is 9.73 Å². The Hall–Kier alpha value is -0.570. The molecule has 1 amide bonds. The molecule has 6 nitrogen and oxygen atoms in total. The first-order valence-electron chi connectivity index (χ1n) is 9.08. The lowest BCUT2D eigenvalue weighted by molar-refractivity contribution is -0.119. The molecule has 1 spiro atoms. The molecular weight excluding hydrogens is 419 g/mol. The summed E-state index contributed by atoms with van der Waals surface area (Å²) in [5.41, 5.74) is 0.115. The third-order valence-electron chi connectivity index (χ3n) is 5.33. The van der Waals surface area contributed by atoms with Crippen LogP contribution in [0.3, 0.4) is 0 Å². The van der Waals surface area contributed by atoms with E-state index in [2.05, 4.69) is 22.5 Å². The van der Waals surface area contributed by atoms with Crippen LogP contribution in [-0.2, 0) is 9.53 Å². The Morgan fingerprint density at radius 1 is 1.46 bits per heavy atom. The van der Waals surface area contributed by atoms with Crippen molar-refractivity contribution in [2.24, 2.45) is 16.3 Å². The summed E-state index contributed by atoms with van der Waals surface area (Å²) in [6.45, 7) is 8.42. The highest BCUT2D eigenvalue weighted by atomic mass is 127. The minimum atomic E-state index is 0. The molecule has 1 atom stereocenters. The lowest BCUT2D eigenvalue weighted by atomic mass is 9.79. The number of amides is 1. The van der Waals surface area contributed by atoms with Gasteiger partial charge in [-0.1, -0.05) is 0 Å². The van der Waals surface area contributed by atoms with Crippen LogP contribution in [0.15, 0.2) is 4.99 Å². The Morgan fingerprint density at radius 2 is 2.25 bits per heavy atom. The predicted molar refractivity (Wildman–Crippen MR) is 106 cm³/mol. The average Bonchev–Trinajstić information content (AvgIpc) is 2.92. The van der Waals surface area contributed by atoms with Crippen molar-refractivity contribution in [1.82, 2.24) is 15.5 Å². The molecule has 1 unspecified atom stereocenters. The van der Waals surface area contributed by atoms with Crippen LogP contribution >= 0.6 is 24.0 Å². The average molecular weight is 450 g/mol. The third kappa shape index (κ3) is 4.97. The first kappa shape index (κ1) is 19.8. The van der Waals surface area contributed by atoms with E-state index in [1.54, 1.807) is 0 Å². The van der Waals surface area contributed by atoms with Crippen molar-refractivity contribution in [2.45, 2.75) is 39.0 Å². The van der Waals surface area contributed by atoms with E-state index < -0.39 is 0 Å². The summed E-state index contributed by atoms with van der Waals surface area (Å²) in [6.07, 6.45) is 5.18. The molecule has 0 aromatic carbocycles. The Bertz CT molecular complexity index is 454. The predicted octanol–water partition coefficient (Wildman–Crippen LogP) is 1.60. The van der Waals surface area contributed by atoms with Gasteiger partial charge in [0.2, 0.25) is 5.91 Å². The van der Waals surface area contributed by atoms with Crippen LogP contribution in [0.1, 0.15) is 39.0 Å². The van der Waals surface area contributed by atoms with Crippen molar-refractivity contribution in [2.75, 3.05) is 45.9 Å². The normalized spacial score (nSPS) is 28.6. The maximum atomic E-state index is 11.7. The molecule has 0 radical (unpaired) electrons. The van der Waals surface area contributed by atoms with Gasteiger partial charge in [-0.3, -0.25) is 9.79 Å². The first-order valence-corrected chi connectivity index (χ1v) is 9.08. The number of carbonyl (C=O) groups excluding carboxylic acids is 1. The molecule has 3 heterocycles. The van der Waals surface area contributed by atoms with E-state index in [0.29, 0.717) is 12.3 Å². The van der Waals surface area contributed by atoms with Crippen molar-refractivity contribution in [3.8, 4) is 0 Å². The summed E-state index contributed by atoms with van der Waals surface area (Å²) < 4.78 is 5.43. The molecule has 7 heteroatoms. The van der Waals surface area contributed by atoms with Crippen molar-refractivity contribution in [1.29, 1.82) is 0 Å². The van der Waals surface area contributed by atoms with Crippen LogP contribution < -0.4 is 10.6 Å². The summed E-state index contributed by atoms with van der Waals surface area (Å²) in [5.74, 6) is 1.87. The number of nitrogens with one attached hydrogen (secondary N) is 2. The van der Waals surface area contributed by atoms with Crippen molar-refractivity contribution < 1.29 is 9.53 Å². The van der Waals surface area contributed by atoms with E-state index in [0.717, 1.165) is 77.6 Å². The minimum Gasteiger partial charge on any atom is -0.381 e. The molecule has 0 saturated carbocycles. The van der Waals surface area contributed by atoms with Crippen LogP contribution in [0.5, 0.6) is 0 Å². The van der Waals surface area contributed by atoms with Gasteiger partial charge < -0.3 is 20.3 Å². The van der Waals surface area contributed by atoms with Crippen molar-refractivity contribution >= 4 is 35.8 Å². The number of piperidine rings is 1. The van der Waals surface area contributed by atoms with E-state index >= 15 is 0 Å². The zero-order valence-electron chi connectivity index (χ0n) is 14.7. The van der Waals surface area contributed by atoms with Crippen LogP contribution in [0, 0.1) is 11.3 Å². The molecule has 3 saturated heterocycles. The van der Waals surface area contributed by atoms with Gasteiger partial charge in [0, 0.05) is 57.8 Å². The molecule has 24 heavy (non-hydrogen) atoms. The number of halogens is 1. The quantitative estimate of drug-likeness (QED) is 0.390. The number of aliphatic imine (C=N–C) groups is 1. The summed E-state index contributed by atoms with van der Waals surface area (Å²) >= 11 is 0. The maximum Gasteiger partial charge on any atom is 0.220 e. The van der Waals surface area contributed by atoms with Gasteiger partial charge in [0.15, 0.2) is 5.96 Å². The molecule has 3 fully saturated rings. The first-order chi connectivity index (χ1) is 11.2. The number of hydrogen-bond donors (Lipinski definition) is 2. The van der Waals surface area contributed by atoms with E-state index in [1.165, 1.54) is 0 Å². The zero-order valence-corrected chi connectivity index (χ0v) is 17.0. The second-order valence-corrected chi connectivity index (χ2v) is 7.23. The van der Waals surface area contributed by atoms with Crippen LogP contribution in [0.2, 0.25) is 0 Å². The fraction of sp³-hybridized carbons (Fsp3) is 0.882. The topological polar surface area (TPSA) is 66.0 Å². The van der Waals surface area contributed by atoms with Gasteiger partial charge in [0.25, 0.3) is 0 Å². The zero-order chi connectivity index (χ0) is 16.1. The molecule has 0 bridgehead atoms. The standard InChI is InChI=1S/C17H30N4O2.HI/c1-2-18-16(19-11-14-4-8-23-9-5-14)21-7-3-6-17(13-21)10-15(22)20-12-17;/h14H,2-13H2,1H3,(H,18,19)(H,20,22);1H. The Kier molecular flexibility index (Phi) is 7.59. The largest absolute Gasteiger partial charge is 0.381 e. The summed E-state index contributed by atoms with van der Waals surface area (Å²) in [7, 11) is 0. The monoisotopic (exact) mass is 450 g/mol. The fourth-order valence-electron chi connectivity index (χ4n) is 4.00. The number of likely N-dealkylation sites (tertiary alicyclic amines) is 1. The number of guanidine groups is 1. The molecule has 3 aliphatic heterocycles. The van der Waals surface area contributed by atoms with Gasteiger partial charge in [-0.05, 0) is 38.5 Å². The van der Waals surface area contributed by atoms with Crippen LogP contribution in [-0.4, -0.2) is 62.7 Å². The molecule has 2 N–H and O–H groups in total. The minimum absolute atomic E-state index is 0. The molecule has 0 aliphatic carbocycles. The molecular formula is C17H31IN4O2. The van der Waals surface area contributed by atoms with E-state index in [9.17, 15) is 4.79 Å². The highest BCUT2D eigenvalue weighted by Gasteiger charge is 2.42. The van der Waals surface area contributed by atoms with Crippen LogP contribution in [0.4, 0.5) is 0 Å². The number of rotatable bonds is 3. The molecule has 3 rings (SSSR count). The highest BCUT2D eigenvalue weighted by molar-refractivity contribution is 14.0. The Morgan fingerprint density at radius 3 is 2.92 bits per heavy atom. The number of hydrogen-bond acceptors (Lipinski definition) is 3. The Balaban J connectivity index is 0.00000208. The second-order valence-electron chi connectivity index (χ2n) is 7.23. The lowest BCUT2D eigenvalue weighted by Gasteiger charge is -2.41. The maximum absolute atomic E-state index is 11.7. The third-order valence-corrected chi connectivity index (χ3v) is 5.33. The summed E-state index contributed by atoms with van der Waals surface area (Å²) in [5, 5.41) is 6.46. The van der Waals surface area contributed by atoms with Gasteiger partial charge in [-0.15, -0.1) is 24.0 Å². The summed E-state index contributed by atoms with van der Waals surface area (Å²) in [6, 6.07) is 0. The van der Waals surface area contributed by atoms with Gasteiger partial charge in [0.1, 0.15) is 0 Å². The van der Waals surface area contributed by atoms with Crippen molar-refractivity contribution in [3.05, 3.63) is 0 Å². The SMILES string of the molecule is CCNC(=NCC1CCOCC1)N1CCCC2(CNC(=O)C2)C1.I. The second kappa shape index (κ2) is 9.22. The summed E-state index contributed by atoms with van der Waals surface area (Å²) in [4.78, 5) is 18.9. The number of carbonyl (C=O) groups is 1. The highest BCUT2D eigenvalue weighted by Crippen LogP contribution is 2.36. The fourth-order valence-corrected chi connectivity index (χ4v) is 4.00. The van der Waals surface area contributed by atoms with Gasteiger partial charge in [-0.25, -0.2) is 0 Å². The smallest absolute Gasteiger partial charge is 0.220 e.